The molecule has 4 aromatic rings. The predicted octanol–water partition coefficient (Wildman–Crippen LogP) is 4.88. The zero-order valence-electron chi connectivity index (χ0n) is 14.5. The maximum Gasteiger partial charge on any atom is 0.236 e. The SMILES string of the molecule is Nn1c(SCC(=O)Nc2nc(-c3ccc(Cl)c(Cl)c3)cs2)nnc1-c1cccs1. The number of aromatic nitrogens is 4. The number of nitrogen functional groups attached to an aromatic ring is 1. The molecule has 3 heterocycles. The van der Waals surface area contributed by atoms with E-state index in [1.54, 1.807) is 12.1 Å². The van der Waals surface area contributed by atoms with E-state index in [4.69, 9.17) is 29.0 Å². The molecule has 3 N–H and O–H groups in total. The number of nitrogens with one attached hydrogen (secondary N) is 1. The second-order valence-electron chi connectivity index (χ2n) is 5.66. The van der Waals surface area contributed by atoms with Gasteiger partial charge in [0.05, 0.1) is 26.4 Å². The maximum absolute atomic E-state index is 12.3. The van der Waals surface area contributed by atoms with Crippen LogP contribution in [0.1, 0.15) is 0 Å². The fourth-order valence-corrected chi connectivity index (χ4v) is 4.75. The molecule has 0 fully saturated rings. The van der Waals surface area contributed by atoms with E-state index < -0.39 is 0 Å². The smallest absolute Gasteiger partial charge is 0.236 e. The van der Waals surface area contributed by atoms with Crippen LogP contribution in [0.2, 0.25) is 10.0 Å². The summed E-state index contributed by atoms with van der Waals surface area (Å²) in [6.07, 6.45) is 0. The van der Waals surface area contributed by atoms with Crippen LogP contribution in [-0.4, -0.2) is 31.5 Å². The molecule has 3 aromatic heterocycles. The molecule has 0 aliphatic heterocycles. The largest absolute Gasteiger partial charge is 0.335 e. The number of benzene rings is 1. The molecular weight excluding hydrogens is 471 g/mol. The Morgan fingerprint density at radius 3 is 2.83 bits per heavy atom. The summed E-state index contributed by atoms with van der Waals surface area (Å²) in [4.78, 5) is 17.6. The summed E-state index contributed by atoms with van der Waals surface area (Å²) in [6.45, 7) is 0. The molecule has 0 unspecified atom stereocenters. The van der Waals surface area contributed by atoms with E-state index in [2.05, 4.69) is 20.5 Å². The van der Waals surface area contributed by atoms with Gasteiger partial charge in [-0.25, -0.2) is 9.66 Å². The van der Waals surface area contributed by atoms with Crippen molar-refractivity contribution in [2.24, 2.45) is 0 Å². The lowest BCUT2D eigenvalue weighted by Crippen LogP contribution is -2.16. The minimum absolute atomic E-state index is 0.126. The van der Waals surface area contributed by atoms with Gasteiger partial charge in [-0.2, -0.15) is 0 Å². The Balaban J connectivity index is 1.37. The highest BCUT2D eigenvalue weighted by Gasteiger charge is 2.15. The molecule has 0 saturated heterocycles. The minimum atomic E-state index is -0.217. The summed E-state index contributed by atoms with van der Waals surface area (Å²) in [5, 5.41) is 16.6. The van der Waals surface area contributed by atoms with E-state index in [0.717, 1.165) is 10.4 Å². The number of anilines is 1. The van der Waals surface area contributed by atoms with Gasteiger partial charge in [-0.1, -0.05) is 47.1 Å². The summed E-state index contributed by atoms with van der Waals surface area (Å²) in [6, 6.07) is 9.09. The third-order valence-corrected chi connectivity index (χ3v) is 7.01. The third kappa shape index (κ3) is 4.57. The topological polar surface area (TPSA) is 98.7 Å². The zero-order chi connectivity index (χ0) is 20.4. The molecule has 12 heteroatoms. The third-order valence-electron chi connectivity index (χ3n) is 3.70. The monoisotopic (exact) mass is 482 g/mol. The van der Waals surface area contributed by atoms with Crippen molar-refractivity contribution in [3.8, 4) is 22.0 Å². The molecule has 29 heavy (non-hydrogen) atoms. The van der Waals surface area contributed by atoms with Gasteiger partial charge >= 0.3 is 0 Å². The molecule has 4 rings (SSSR count). The zero-order valence-corrected chi connectivity index (χ0v) is 18.5. The molecular formula is C17H12Cl2N6OS3. The number of rotatable bonds is 6. The number of nitrogens with two attached hydrogens (primary N) is 1. The van der Waals surface area contributed by atoms with Crippen molar-refractivity contribution in [2.75, 3.05) is 16.9 Å². The normalized spacial score (nSPS) is 11.0. The first kappa shape index (κ1) is 20.2. The van der Waals surface area contributed by atoms with Gasteiger partial charge in [0.2, 0.25) is 11.1 Å². The van der Waals surface area contributed by atoms with Gasteiger partial charge in [-0.3, -0.25) is 4.79 Å². The Bertz CT molecular complexity index is 1160. The van der Waals surface area contributed by atoms with Crippen LogP contribution in [0.5, 0.6) is 0 Å². The van der Waals surface area contributed by atoms with Crippen LogP contribution in [0.15, 0.2) is 46.2 Å². The maximum atomic E-state index is 12.3. The van der Waals surface area contributed by atoms with E-state index in [9.17, 15) is 4.79 Å². The quantitative estimate of drug-likeness (QED) is 0.300. The van der Waals surface area contributed by atoms with Gasteiger partial charge in [0.25, 0.3) is 0 Å². The number of carbonyl (C=O) groups is 1. The van der Waals surface area contributed by atoms with Crippen molar-refractivity contribution in [3.63, 3.8) is 0 Å². The standard InChI is InChI=1S/C17H12Cl2N6OS3/c18-10-4-3-9(6-11(10)19)12-7-28-16(21-12)22-14(26)8-29-17-24-23-15(25(17)20)13-2-1-5-27-13/h1-7H,8,20H2,(H,21,22,26). The van der Waals surface area contributed by atoms with Crippen LogP contribution < -0.4 is 11.2 Å². The fraction of sp³-hybridized carbons (Fsp3) is 0.0588. The minimum Gasteiger partial charge on any atom is -0.335 e. The summed E-state index contributed by atoms with van der Waals surface area (Å²) >= 11 is 16.0. The van der Waals surface area contributed by atoms with Crippen LogP contribution in [0.4, 0.5) is 5.13 Å². The molecule has 0 aliphatic carbocycles. The Kier molecular flexibility index (Phi) is 6.07. The first-order valence-electron chi connectivity index (χ1n) is 8.09. The van der Waals surface area contributed by atoms with Crippen molar-refractivity contribution >= 4 is 68.7 Å². The van der Waals surface area contributed by atoms with Gasteiger partial charge < -0.3 is 11.2 Å². The summed E-state index contributed by atoms with van der Waals surface area (Å²) < 4.78 is 1.38. The molecule has 0 bridgehead atoms. The molecule has 0 saturated carbocycles. The Hall–Kier alpha value is -2.11. The Morgan fingerprint density at radius 2 is 2.07 bits per heavy atom. The van der Waals surface area contributed by atoms with Crippen LogP contribution in [0.25, 0.3) is 22.0 Å². The molecule has 148 valence electrons. The van der Waals surface area contributed by atoms with E-state index in [-0.39, 0.29) is 11.7 Å². The van der Waals surface area contributed by atoms with E-state index in [1.807, 2.05) is 29.0 Å². The van der Waals surface area contributed by atoms with E-state index >= 15 is 0 Å². The van der Waals surface area contributed by atoms with E-state index in [0.29, 0.717) is 31.9 Å². The Labute approximate surface area is 187 Å². The second kappa shape index (κ2) is 8.72. The molecule has 0 atom stereocenters. The van der Waals surface area contributed by atoms with Crippen LogP contribution in [0, 0.1) is 0 Å². The van der Waals surface area contributed by atoms with Gasteiger partial charge in [0.15, 0.2) is 11.0 Å². The number of thioether (sulfide) groups is 1. The molecule has 7 nitrogen and oxygen atoms in total. The van der Waals surface area contributed by atoms with Crippen LogP contribution >= 0.6 is 57.6 Å². The van der Waals surface area contributed by atoms with Crippen LogP contribution in [-0.2, 0) is 4.79 Å². The summed E-state index contributed by atoms with van der Waals surface area (Å²) in [5.41, 5.74) is 1.53. The molecule has 0 radical (unpaired) electrons. The number of hydrogen-bond donors (Lipinski definition) is 2. The fourth-order valence-electron chi connectivity index (χ4n) is 2.35. The lowest BCUT2D eigenvalue weighted by Gasteiger charge is -2.03. The number of halogens is 2. The molecule has 0 spiro atoms. The van der Waals surface area contributed by atoms with Crippen molar-refractivity contribution in [2.45, 2.75) is 5.16 Å². The molecule has 1 amide bonds. The first-order chi connectivity index (χ1) is 14.0. The van der Waals surface area contributed by atoms with Crippen molar-refractivity contribution in [3.05, 3.63) is 51.1 Å². The van der Waals surface area contributed by atoms with Gasteiger partial charge in [-0.05, 0) is 23.6 Å². The highest BCUT2D eigenvalue weighted by molar-refractivity contribution is 7.99. The average Bonchev–Trinajstić information content (AvgIpc) is 3.44. The number of amides is 1. The first-order valence-corrected chi connectivity index (χ1v) is 11.6. The summed E-state index contributed by atoms with van der Waals surface area (Å²) in [5.74, 6) is 6.51. The Morgan fingerprint density at radius 1 is 1.21 bits per heavy atom. The number of nitrogens with zero attached hydrogens (tertiary/aromatic N) is 4. The number of carbonyl (C=O) groups excluding carboxylic acids is 1. The highest BCUT2D eigenvalue weighted by Crippen LogP contribution is 2.31. The van der Waals surface area contributed by atoms with E-state index in [1.165, 1.54) is 39.1 Å². The van der Waals surface area contributed by atoms with Crippen molar-refractivity contribution in [1.82, 2.24) is 19.9 Å². The second-order valence-corrected chi connectivity index (χ2v) is 9.22. The van der Waals surface area contributed by atoms with Crippen molar-refractivity contribution in [1.29, 1.82) is 0 Å². The predicted molar refractivity (Wildman–Crippen MR) is 120 cm³/mol. The van der Waals surface area contributed by atoms with Crippen molar-refractivity contribution < 1.29 is 4.79 Å². The molecule has 0 aliphatic rings. The van der Waals surface area contributed by atoms with Gasteiger partial charge in [0.1, 0.15) is 0 Å². The lowest BCUT2D eigenvalue weighted by atomic mass is 10.2. The lowest BCUT2D eigenvalue weighted by molar-refractivity contribution is -0.113. The number of thiazole rings is 1. The highest BCUT2D eigenvalue weighted by atomic mass is 35.5. The number of thiophene rings is 1. The van der Waals surface area contributed by atoms with Crippen LogP contribution in [0.3, 0.4) is 0 Å². The number of hydrogen-bond acceptors (Lipinski definition) is 8. The van der Waals surface area contributed by atoms with Gasteiger partial charge in [-0.15, -0.1) is 32.9 Å². The summed E-state index contributed by atoms with van der Waals surface area (Å²) in [7, 11) is 0. The van der Waals surface area contributed by atoms with Gasteiger partial charge in [0, 0.05) is 10.9 Å². The molecule has 1 aromatic carbocycles. The average molecular weight is 483 g/mol.